The van der Waals surface area contributed by atoms with Crippen LogP contribution < -0.4 is 5.32 Å². The number of rotatable bonds is 4. The largest absolute Gasteiger partial charge is 0.308 e. The molecular formula is C14H24N2S. The monoisotopic (exact) mass is 252 g/mol. The Morgan fingerprint density at radius 3 is 2.53 bits per heavy atom. The third kappa shape index (κ3) is 5.46. The summed E-state index contributed by atoms with van der Waals surface area (Å²) < 4.78 is 0. The highest BCUT2D eigenvalue weighted by molar-refractivity contribution is 7.10. The molecule has 0 saturated carbocycles. The van der Waals surface area contributed by atoms with Gasteiger partial charge in [-0.05, 0) is 39.7 Å². The minimum Gasteiger partial charge on any atom is -0.308 e. The van der Waals surface area contributed by atoms with Gasteiger partial charge in [-0.2, -0.15) is 0 Å². The molecule has 0 bridgehead atoms. The van der Waals surface area contributed by atoms with E-state index in [0.29, 0.717) is 5.92 Å². The van der Waals surface area contributed by atoms with Gasteiger partial charge < -0.3 is 5.32 Å². The Morgan fingerprint density at radius 2 is 2.12 bits per heavy atom. The highest BCUT2D eigenvalue weighted by atomic mass is 32.1. The quantitative estimate of drug-likeness (QED) is 0.879. The van der Waals surface area contributed by atoms with Gasteiger partial charge in [0.2, 0.25) is 0 Å². The third-order valence-corrected chi connectivity index (χ3v) is 3.42. The van der Waals surface area contributed by atoms with Crippen LogP contribution in [0.2, 0.25) is 0 Å². The van der Waals surface area contributed by atoms with Crippen molar-refractivity contribution in [1.82, 2.24) is 10.3 Å². The van der Waals surface area contributed by atoms with Gasteiger partial charge >= 0.3 is 0 Å². The van der Waals surface area contributed by atoms with Crippen molar-refractivity contribution >= 4 is 17.4 Å². The molecule has 0 aromatic carbocycles. The van der Waals surface area contributed by atoms with Gasteiger partial charge in [0, 0.05) is 23.2 Å². The summed E-state index contributed by atoms with van der Waals surface area (Å²) in [6, 6.07) is 0. The number of thiazole rings is 1. The van der Waals surface area contributed by atoms with Crippen molar-refractivity contribution in [3.63, 3.8) is 0 Å². The normalized spacial score (nSPS) is 13.5. The number of hydrogen-bond donors (Lipinski definition) is 1. The summed E-state index contributed by atoms with van der Waals surface area (Å²) in [6.07, 6.45) is 2.22. The zero-order valence-electron chi connectivity index (χ0n) is 11.8. The lowest BCUT2D eigenvalue weighted by atomic mass is 10.0. The van der Waals surface area contributed by atoms with E-state index in [0.717, 1.165) is 17.2 Å². The Balaban J connectivity index is 2.76. The summed E-state index contributed by atoms with van der Waals surface area (Å²) in [5.74, 6) is 0.550. The average molecular weight is 252 g/mol. The molecule has 0 unspecified atom stereocenters. The van der Waals surface area contributed by atoms with Crippen LogP contribution >= 0.6 is 11.3 Å². The zero-order chi connectivity index (χ0) is 13.1. The molecule has 0 amide bonds. The number of nitrogens with zero attached hydrogens (tertiary/aromatic N) is 1. The van der Waals surface area contributed by atoms with E-state index in [4.69, 9.17) is 0 Å². The summed E-state index contributed by atoms with van der Waals surface area (Å²) in [5, 5.41) is 6.75. The first-order chi connectivity index (χ1) is 7.78. The summed E-state index contributed by atoms with van der Waals surface area (Å²) >= 11 is 1.71. The van der Waals surface area contributed by atoms with Crippen LogP contribution in [0.15, 0.2) is 11.0 Å². The van der Waals surface area contributed by atoms with Crippen molar-refractivity contribution in [1.29, 1.82) is 0 Å². The highest BCUT2D eigenvalue weighted by Gasteiger charge is 2.11. The van der Waals surface area contributed by atoms with Crippen LogP contribution in [0, 0.1) is 12.8 Å². The first kappa shape index (κ1) is 14.4. The molecule has 1 aromatic rings. The maximum Gasteiger partial charge on any atom is 0.116 e. The van der Waals surface area contributed by atoms with E-state index in [1.165, 1.54) is 5.57 Å². The van der Waals surface area contributed by atoms with Crippen LogP contribution in [0.3, 0.4) is 0 Å². The van der Waals surface area contributed by atoms with Crippen LogP contribution in [-0.4, -0.2) is 17.1 Å². The summed E-state index contributed by atoms with van der Waals surface area (Å²) in [4.78, 5) is 4.49. The van der Waals surface area contributed by atoms with Gasteiger partial charge in [0.25, 0.3) is 0 Å². The fourth-order valence-corrected chi connectivity index (χ4v) is 2.15. The molecule has 0 aliphatic heterocycles. The molecule has 3 heteroatoms. The second kappa shape index (κ2) is 5.78. The van der Waals surface area contributed by atoms with Crippen molar-refractivity contribution in [2.75, 3.05) is 6.54 Å². The Labute approximate surface area is 109 Å². The summed E-state index contributed by atoms with van der Waals surface area (Å²) in [7, 11) is 0. The van der Waals surface area contributed by atoms with Gasteiger partial charge in [-0.1, -0.05) is 19.4 Å². The van der Waals surface area contributed by atoms with E-state index in [-0.39, 0.29) is 5.54 Å². The molecule has 0 fully saturated rings. The lowest BCUT2D eigenvalue weighted by Crippen LogP contribution is -2.37. The SMILES string of the molecule is Cc1csc(C=C(CNC(C)(C)C)C(C)C)n1. The Kier molecular flexibility index (Phi) is 4.90. The topological polar surface area (TPSA) is 24.9 Å². The fraction of sp³-hybridized carbons (Fsp3) is 0.643. The molecule has 1 rings (SSSR count). The molecule has 0 aliphatic rings. The lowest BCUT2D eigenvalue weighted by Gasteiger charge is -2.23. The number of aromatic nitrogens is 1. The molecule has 96 valence electrons. The van der Waals surface area contributed by atoms with Crippen LogP contribution in [0.1, 0.15) is 45.3 Å². The van der Waals surface area contributed by atoms with E-state index in [2.05, 4.69) is 56.4 Å². The van der Waals surface area contributed by atoms with E-state index in [1.54, 1.807) is 11.3 Å². The molecular weight excluding hydrogens is 228 g/mol. The van der Waals surface area contributed by atoms with Crippen LogP contribution in [0.5, 0.6) is 0 Å². The number of hydrogen-bond acceptors (Lipinski definition) is 3. The van der Waals surface area contributed by atoms with Gasteiger partial charge in [0.15, 0.2) is 0 Å². The molecule has 0 aliphatic carbocycles. The van der Waals surface area contributed by atoms with E-state index < -0.39 is 0 Å². The summed E-state index contributed by atoms with van der Waals surface area (Å²) in [6.45, 7) is 14.0. The standard InChI is InChI=1S/C14H24N2S/c1-10(2)12(8-15-14(4,5)6)7-13-16-11(3)9-17-13/h7,9-10,15H,8H2,1-6H3. The van der Waals surface area contributed by atoms with Crippen molar-refractivity contribution in [3.8, 4) is 0 Å². The first-order valence-electron chi connectivity index (χ1n) is 6.15. The molecule has 1 aromatic heterocycles. The maximum absolute atomic E-state index is 4.49. The number of aryl methyl sites for hydroxylation is 1. The molecule has 1 heterocycles. The van der Waals surface area contributed by atoms with Crippen LogP contribution in [-0.2, 0) is 0 Å². The van der Waals surface area contributed by atoms with E-state index in [1.807, 2.05) is 6.92 Å². The van der Waals surface area contributed by atoms with Crippen molar-refractivity contribution in [2.24, 2.45) is 5.92 Å². The molecule has 0 atom stereocenters. The molecule has 17 heavy (non-hydrogen) atoms. The maximum atomic E-state index is 4.49. The third-order valence-electron chi connectivity index (χ3n) is 2.51. The number of nitrogens with one attached hydrogen (secondary N) is 1. The van der Waals surface area contributed by atoms with E-state index >= 15 is 0 Å². The Bertz CT molecular complexity index is 383. The summed E-state index contributed by atoms with van der Waals surface area (Å²) in [5.41, 5.74) is 2.68. The minimum absolute atomic E-state index is 0.159. The average Bonchev–Trinajstić information content (AvgIpc) is 2.56. The van der Waals surface area contributed by atoms with Crippen LogP contribution in [0.4, 0.5) is 0 Å². The minimum atomic E-state index is 0.159. The molecule has 0 saturated heterocycles. The van der Waals surface area contributed by atoms with Crippen LogP contribution in [0.25, 0.3) is 6.08 Å². The highest BCUT2D eigenvalue weighted by Crippen LogP contribution is 2.18. The molecule has 0 radical (unpaired) electrons. The first-order valence-corrected chi connectivity index (χ1v) is 7.03. The predicted octanol–water partition coefficient (Wildman–Crippen LogP) is 3.88. The fourth-order valence-electron chi connectivity index (χ4n) is 1.39. The molecule has 1 N–H and O–H groups in total. The van der Waals surface area contributed by atoms with Crippen molar-refractivity contribution in [2.45, 2.75) is 47.1 Å². The molecule has 0 spiro atoms. The second-order valence-corrected chi connectivity index (χ2v) is 6.69. The predicted molar refractivity (Wildman–Crippen MR) is 77.4 cm³/mol. The van der Waals surface area contributed by atoms with Gasteiger partial charge in [-0.25, -0.2) is 4.98 Å². The zero-order valence-corrected chi connectivity index (χ0v) is 12.6. The van der Waals surface area contributed by atoms with Gasteiger partial charge in [-0.15, -0.1) is 11.3 Å². The van der Waals surface area contributed by atoms with E-state index in [9.17, 15) is 0 Å². The van der Waals surface area contributed by atoms with Crippen molar-refractivity contribution in [3.05, 3.63) is 21.7 Å². The van der Waals surface area contributed by atoms with Gasteiger partial charge in [0.05, 0.1) is 0 Å². The Hall–Kier alpha value is -0.670. The van der Waals surface area contributed by atoms with Crippen molar-refractivity contribution < 1.29 is 0 Å². The lowest BCUT2D eigenvalue weighted by molar-refractivity contribution is 0.437. The van der Waals surface area contributed by atoms with Gasteiger partial charge in [0.1, 0.15) is 5.01 Å². The Morgan fingerprint density at radius 1 is 1.47 bits per heavy atom. The molecule has 2 nitrogen and oxygen atoms in total. The van der Waals surface area contributed by atoms with Gasteiger partial charge in [-0.3, -0.25) is 0 Å². The second-order valence-electron chi connectivity index (χ2n) is 5.80. The smallest absolute Gasteiger partial charge is 0.116 e.